The minimum absolute atomic E-state index is 0.170. The molecule has 0 bridgehead atoms. The molecule has 8 heteroatoms. The number of hydrogen-bond donors (Lipinski definition) is 2. The molecule has 2 amide bonds. The lowest BCUT2D eigenvalue weighted by Gasteiger charge is -2.10. The average Bonchev–Trinajstić information content (AvgIpc) is 3.29. The van der Waals surface area contributed by atoms with Gasteiger partial charge in [0.25, 0.3) is 5.91 Å². The topological polar surface area (TPSA) is 88.9 Å². The monoisotopic (exact) mass is 341 g/mol. The van der Waals surface area contributed by atoms with Crippen LogP contribution in [0.4, 0.5) is 5.69 Å². The van der Waals surface area contributed by atoms with E-state index in [1.807, 2.05) is 11.4 Å². The zero-order valence-corrected chi connectivity index (χ0v) is 13.5. The van der Waals surface area contributed by atoms with E-state index in [0.29, 0.717) is 16.4 Å². The van der Waals surface area contributed by atoms with Gasteiger partial charge in [-0.2, -0.15) is 5.10 Å². The molecule has 3 rings (SSSR count). The van der Waals surface area contributed by atoms with Gasteiger partial charge in [-0.15, -0.1) is 11.3 Å². The highest BCUT2D eigenvalue weighted by atomic mass is 32.1. The van der Waals surface area contributed by atoms with Gasteiger partial charge in [0, 0.05) is 31.6 Å². The quantitative estimate of drug-likeness (QED) is 0.718. The van der Waals surface area contributed by atoms with E-state index in [1.54, 1.807) is 47.5 Å². The van der Waals surface area contributed by atoms with Crippen LogP contribution in [-0.4, -0.2) is 33.1 Å². The SMILES string of the molecule is O=C(CCNC(=O)c1cccs1)Nc1cccnc1-n1cccn1. The molecule has 122 valence electrons. The third-order valence-electron chi connectivity index (χ3n) is 3.16. The first kappa shape index (κ1) is 15.9. The molecule has 0 aliphatic carbocycles. The number of pyridine rings is 1. The summed E-state index contributed by atoms with van der Waals surface area (Å²) in [5.41, 5.74) is 0.566. The fourth-order valence-electron chi connectivity index (χ4n) is 2.07. The Balaban J connectivity index is 1.55. The van der Waals surface area contributed by atoms with Crippen molar-refractivity contribution < 1.29 is 9.59 Å². The van der Waals surface area contributed by atoms with Crippen LogP contribution in [0.15, 0.2) is 54.3 Å². The summed E-state index contributed by atoms with van der Waals surface area (Å²) in [5, 5.41) is 11.5. The van der Waals surface area contributed by atoms with Gasteiger partial charge in [0.05, 0.1) is 10.6 Å². The maximum atomic E-state index is 12.1. The number of anilines is 1. The summed E-state index contributed by atoms with van der Waals surface area (Å²) in [6.07, 6.45) is 5.19. The molecule has 3 heterocycles. The highest BCUT2D eigenvalue weighted by Crippen LogP contribution is 2.16. The average molecular weight is 341 g/mol. The van der Waals surface area contributed by atoms with Crippen LogP contribution in [-0.2, 0) is 4.79 Å². The van der Waals surface area contributed by atoms with Crippen molar-refractivity contribution in [2.24, 2.45) is 0 Å². The zero-order valence-electron chi connectivity index (χ0n) is 12.7. The van der Waals surface area contributed by atoms with E-state index in [2.05, 4.69) is 20.7 Å². The lowest BCUT2D eigenvalue weighted by molar-refractivity contribution is -0.116. The van der Waals surface area contributed by atoms with Crippen LogP contribution < -0.4 is 10.6 Å². The first-order valence-electron chi connectivity index (χ1n) is 7.30. The number of nitrogens with one attached hydrogen (secondary N) is 2. The maximum absolute atomic E-state index is 12.1. The molecule has 0 atom stereocenters. The predicted molar refractivity (Wildman–Crippen MR) is 91.3 cm³/mol. The Morgan fingerprint density at radius 2 is 2.08 bits per heavy atom. The van der Waals surface area contributed by atoms with Crippen LogP contribution in [0.2, 0.25) is 0 Å². The predicted octanol–water partition coefficient (Wildman–Crippen LogP) is 2.09. The van der Waals surface area contributed by atoms with Crippen LogP contribution in [0.3, 0.4) is 0 Å². The lowest BCUT2D eigenvalue weighted by Crippen LogP contribution is -2.27. The smallest absolute Gasteiger partial charge is 0.261 e. The molecule has 0 spiro atoms. The molecule has 0 unspecified atom stereocenters. The Bertz CT molecular complexity index is 815. The van der Waals surface area contributed by atoms with Crippen molar-refractivity contribution in [3.8, 4) is 5.82 Å². The van der Waals surface area contributed by atoms with Crippen molar-refractivity contribution in [1.82, 2.24) is 20.1 Å². The molecule has 0 aromatic carbocycles. The lowest BCUT2D eigenvalue weighted by atomic mass is 10.3. The molecule has 0 fully saturated rings. The van der Waals surface area contributed by atoms with E-state index < -0.39 is 0 Å². The van der Waals surface area contributed by atoms with Gasteiger partial charge in [0.2, 0.25) is 5.91 Å². The largest absolute Gasteiger partial charge is 0.351 e. The third kappa shape index (κ3) is 3.85. The number of amides is 2. The van der Waals surface area contributed by atoms with Gasteiger partial charge in [-0.1, -0.05) is 6.07 Å². The molecule has 0 radical (unpaired) electrons. The van der Waals surface area contributed by atoms with Crippen LogP contribution in [0.1, 0.15) is 16.1 Å². The standard InChI is InChI=1S/C16H15N5O2S/c22-14(6-9-18-16(23)13-5-2-11-24-13)20-12-4-1-7-17-15(12)21-10-3-8-19-21/h1-5,7-8,10-11H,6,9H2,(H,18,23)(H,20,22). The van der Waals surface area contributed by atoms with Gasteiger partial charge >= 0.3 is 0 Å². The number of aromatic nitrogens is 3. The summed E-state index contributed by atoms with van der Waals surface area (Å²) in [5.74, 6) is 0.165. The van der Waals surface area contributed by atoms with Crippen molar-refractivity contribution in [2.45, 2.75) is 6.42 Å². The summed E-state index contributed by atoms with van der Waals surface area (Å²) in [7, 11) is 0. The Kier molecular flexibility index (Phi) is 4.97. The van der Waals surface area contributed by atoms with Gasteiger partial charge in [-0.25, -0.2) is 9.67 Å². The van der Waals surface area contributed by atoms with Crippen molar-refractivity contribution >= 4 is 28.8 Å². The number of rotatable bonds is 6. The summed E-state index contributed by atoms with van der Waals surface area (Å²) in [4.78, 5) is 28.7. The highest BCUT2D eigenvalue weighted by Gasteiger charge is 2.11. The van der Waals surface area contributed by atoms with Gasteiger partial charge in [0.1, 0.15) is 0 Å². The minimum Gasteiger partial charge on any atom is -0.351 e. The molecule has 2 N–H and O–H groups in total. The van der Waals surface area contributed by atoms with Crippen molar-refractivity contribution in [2.75, 3.05) is 11.9 Å². The van der Waals surface area contributed by atoms with Gasteiger partial charge in [0.15, 0.2) is 5.82 Å². The Labute approximate surface area is 142 Å². The molecule has 0 aliphatic rings. The van der Waals surface area contributed by atoms with Crippen LogP contribution in [0, 0.1) is 0 Å². The van der Waals surface area contributed by atoms with Gasteiger partial charge < -0.3 is 10.6 Å². The number of carbonyl (C=O) groups excluding carboxylic acids is 2. The second-order valence-corrected chi connectivity index (χ2v) is 5.80. The first-order chi connectivity index (χ1) is 11.7. The number of carbonyl (C=O) groups is 2. The minimum atomic E-state index is -0.206. The Morgan fingerprint density at radius 1 is 1.17 bits per heavy atom. The van der Waals surface area contributed by atoms with Crippen molar-refractivity contribution in [3.05, 3.63) is 59.2 Å². The van der Waals surface area contributed by atoms with Crippen molar-refractivity contribution in [1.29, 1.82) is 0 Å². The normalized spacial score (nSPS) is 10.3. The van der Waals surface area contributed by atoms with E-state index in [4.69, 9.17) is 0 Å². The molecule has 0 saturated heterocycles. The van der Waals surface area contributed by atoms with E-state index in [0.717, 1.165) is 0 Å². The molecule has 7 nitrogen and oxygen atoms in total. The second-order valence-electron chi connectivity index (χ2n) is 4.86. The molecule has 0 aliphatic heterocycles. The number of hydrogen-bond acceptors (Lipinski definition) is 5. The molecule has 3 aromatic heterocycles. The highest BCUT2D eigenvalue weighted by molar-refractivity contribution is 7.12. The third-order valence-corrected chi connectivity index (χ3v) is 4.03. The number of nitrogens with zero attached hydrogens (tertiary/aromatic N) is 3. The fourth-order valence-corrected chi connectivity index (χ4v) is 2.71. The first-order valence-corrected chi connectivity index (χ1v) is 8.18. The Hall–Kier alpha value is -3.00. The molecule has 24 heavy (non-hydrogen) atoms. The van der Waals surface area contributed by atoms with E-state index in [-0.39, 0.29) is 24.8 Å². The molecular weight excluding hydrogens is 326 g/mol. The van der Waals surface area contributed by atoms with Crippen LogP contribution in [0.5, 0.6) is 0 Å². The second kappa shape index (κ2) is 7.51. The van der Waals surface area contributed by atoms with Crippen molar-refractivity contribution in [3.63, 3.8) is 0 Å². The van der Waals surface area contributed by atoms with E-state index in [1.165, 1.54) is 11.3 Å². The zero-order chi connectivity index (χ0) is 16.8. The molecule has 0 saturated carbocycles. The summed E-state index contributed by atoms with van der Waals surface area (Å²) in [6, 6.07) is 8.82. The molecule has 3 aromatic rings. The summed E-state index contributed by atoms with van der Waals surface area (Å²) >= 11 is 1.36. The van der Waals surface area contributed by atoms with E-state index in [9.17, 15) is 9.59 Å². The van der Waals surface area contributed by atoms with Crippen LogP contribution in [0.25, 0.3) is 5.82 Å². The molecular formula is C16H15N5O2S. The van der Waals surface area contributed by atoms with Gasteiger partial charge in [-0.05, 0) is 29.6 Å². The maximum Gasteiger partial charge on any atom is 0.261 e. The van der Waals surface area contributed by atoms with Crippen LogP contribution >= 0.6 is 11.3 Å². The van der Waals surface area contributed by atoms with Gasteiger partial charge in [-0.3, -0.25) is 9.59 Å². The Morgan fingerprint density at radius 3 is 2.83 bits per heavy atom. The number of thiophene rings is 1. The summed E-state index contributed by atoms with van der Waals surface area (Å²) in [6.45, 7) is 0.264. The van der Waals surface area contributed by atoms with E-state index >= 15 is 0 Å². The summed E-state index contributed by atoms with van der Waals surface area (Å²) < 4.78 is 1.58. The fraction of sp³-hybridized carbons (Fsp3) is 0.125.